The van der Waals surface area contributed by atoms with E-state index in [4.69, 9.17) is 5.11 Å². The van der Waals surface area contributed by atoms with Gasteiger partial charge in [0.1, 0.15) is 6.54 Å². The molecule has 0 atom stereocenters. The lowest BCUT2D eigenvalue weighted by atomic mass is 10.2. The van der Waals surface area contributed by atoms with Crippen LogP contribution in [0.3, 0.4) is 0 Å². The Morgan fingerprint density at radius 1 is 1.31 bits per heavy atom. The van der Waals surface area contributed by atoms with E-state index in [2.05, 4.69) is 0 Å². The SMILES string of the molecule is Cc1ccc(CS(=O)(=O)NCC(=O)O)cc1. The van der Waals surface area contributed by atoms with Crippen molar-refractivity contribution in [1.82, 2.24) is 4.72 Å². The zero-order valence-corrected chi connectivity index (χ0v) is 9.62. The first-order chi connectivity index (χ1) is 7.39. The summed E-state index contributed by atoms with van der Waals surface area (Å²) in [4.78, 5) is 10.2. The van der Waals surface area contributed by atoms with Gasteiger partial charge in [-0.1, -0.05) is 29.8 Å². The summed E-state index contributed by atoms with van der Waals surface area (Å²) in [6, 6.07) is 7.02. The summed E-state index contributed by atoms with van der Waals surface area (Å²) in [7, 11) is -3.57. The summed E-state index contributed by atoms with van der Waals surface area (Å²) >= 11 is 0. The van der Waals surface area contributed by atoms with Crippen LogP contribution in [0.15, 0.2) is 24.3 Å². The van der Waals surface area contributed by atoms with Crippen molar-refractivity contribution in [3.8, 4) is 0 Å². The average molecular weight is 243 g/mol. The summed E-state index contributed by atoms with van der Waals surface area (Å²) in [6.45, 7) is 1.31. The molecule has 1 aromatic rings. The molecule has 88 valence electrons. The van der Waals surface area contributed by atoms with Crippen molar-refractivity contribution < 1.29 is 18.3 Å². The molecule has 2 N–H and O–H groups in total. The van der Waals surface area contributed by atoms with Gasteiger partial charge in [0.15, 0.2) is 0 Å². The summed E-state index contributed by atoms with van der Waals surface area (Å²) in [5.74, 6) is -1.41. The van der Waals surface area contributed by atoms with Gasteiger partial charge in [-0.2, -0.15) is 0 Å². The fraction of sp³-hybridized carbons (Fsp3) is 0.300. The third-order valence-electron chi connectivity index (χ3n) is 1.92. The van der Waals surface area contributed by atoms with Crippen molar-refractivity contribution in [3.05, 3.63) is 35.4 Å². The minimum Gasteiger partial charge on any atom is -0.480 e. The van der Waals surface area contributed by atoms with Crippen molar-refractivity contribution in [2.75, 3.05) is 6.54 Å². The number of sulfonamides is 1. The van der Waals surface area contributed by atoms with Crippen LogP contribution in [-0.4, -0.2) is 26.0 Å². The van der Waals surface area contributed by atoms with Crippen LogP contribution in [0.2, 0.25) is 0 Å². The van der Waals surface area contributed by atoms with E-state index in [0.717, 1.165) is 5.56 Å². The van der Waals surface area contributed by atoms with Gasteiger partial charge in [-0.05, 0) is 12.5 Å². The van der Waals surface area contributed by atoms with Crippen LogP contribution in [0, 0.1) is 6.92 Å². The Kier molecular flexibility index (Phi) is 4.03. The molecule has 16 heavy (non-hydrogen) atoms. The van der Waals surface area contributed by atoms with Crippen LogP contribution in [0.4, 0.5) is 0 Å². The maximum Gasteiger partial charge on any atom is 0.318 e. The van der Waals surface area contributed by atoms with E-state index in [1.807, 2.05) is 23.8 Å². The highest BCUT2D eigenvalue weighted by molar-refractivity contribution is 7.88. The Hall–Kier alpha value is -1.40. The molecule has 0 spiro atoms. The van der Waals surface area contributed by atoms with Crippen molar-refractivity contribution >= 4 is 16.0 Å². The molecule has 0 aromatic heterocycles. The number of aliphatic carboxylic acids is 1. The van der Waals surface area contributed by atoms with Gasteiger partial charge in [-0.15, -0.1) is 0 Å². The van der Waals surface area contributed by atoms with E-state index < -0.39 is 22.5 Å². The third-order valence-corrected chi connectivity index (χ3v) is 3.22. The van der Waals surface area contributed by atoms with Crippen LogP contribution in [0.1, 0.15) is 11.1 Å². The lowest BCUT2D eigenvalue weighted by Crippen LogP contribution is -2.30. The molecule has 0 aliphatic carbocycles. The number of aryl methyl sites for hydroxylation is 1. The molecule has 0 heterocycles. The van der Waals surface area contributed by atoms with E-state index in [9.17, 15) is 13.2 Å². The number of hydrogen-bond donors (Lipinski definition) is 2. The van der Waals surface area contributed by atoms with Gasteiger partial charge in [-0.25, -0.2) is 13.1 Å². The molecule has 6 heteroatoms. The molecule has 0 aliphatic rings. The monoisotopic (exact) mass is 243 g/mol. The minimum absolute atomic E-state index is 0.208. The Labute approximate surface area is 94.2 Å². The van der Waals surface area contributed by atoms with Crippen molar-refractivity contribution in [2.24, 2.45) is 0 Å². The lowest BCUT2D eigenvalue weighted by Gasteiger charge is -2.04. The fourth-order valence-corrected chi connectivity index (χ4v) is 2.20. The molecule has 1 aromatic carbocycles. The molecule has 5 nitrogen and oxygen atoms in total. The third kappa shape index (κ3) is 4.41. The van der Waals surface area contributed by atoms with Gasteiger partial charge in [0.25, 0.3) is 0 Å². The van der Waals surface area contributed by atoms with E-state index in [0.29, 0.717) is 5.56 Å². The van der Waals surface area contributed by atoms with Crippen LogP contribution in [0.25, 0.3) is 0 Å². The first-order valence-corrected chi connectivity index (χ1v) is 6.29. The summed E-state index contributed by atoms with van der Waals surface area (Å²) < 4.78 is 24.8. The summed E-state index contributed by atoms with van der Waals surface area (Å²) in [6.07, 6.45) is 0. The Balaban J connectivity index is 2.65. The van der Waals surface area contributed by atoms with Gasteiger partial charge in [0, 0.05) is 0 Å². The van der Waals surface area contributed by atoms with Crippen molar-refractivity contribution in [2.45, 2.75) is 12.7 Å². The van der Waals surface area contributed by atoms with Crippen molar-refractivity contribution in [1.29, 1.82) is 0 Å². The maximum absolute atomic E-state index is 11.4. The van der Waals surface area contributed by atoms with Gasteiger partial charge in [0.05, 0.1) is 5.75 Å². The van der Waals surface area contributed by atoms with Gasteiger partial charge in [-0.3, -0.25) is 4.79 Å². The molecule has 0 saturated carbocycles. The van der Waals surface area contributed by atoms with Crippen LogP contribution in [0.5, 0.6) is 0 Å². The number of benzene rings is 1. The summed E-state index contributed by atoms with van der Waals surface area (Å²) in [5.41, 5.74) is 1.67. The highest BCUT2D eigenvalue weighted by Gasteiger charge is 2.12. The molecular formula is C10H13NO4S. The molecule has 0 radical (unpaired) electrons. The van der Waals surface area contributed by atoms with E-state index in [1.54, 1.807) is 12.1 Å². The normalized spacial score (nSPS) is 11.3. The molecule has 0 unspecified atom stereocenters. The second-order valence-electron chi connectivity index (χ2n) is 3.46. The second kappa shape index (κ2) is 5.09. The van der Waals surface area contributed by atoms with E-state index >= 15 is 0 Å². The predicted octanol–water partition coefficient (Wildman–Crippen LogP) is 0.499. The Bertz CT molecular complexity index is 464. The minimum atomic E-state index is -3.57. The van der Waals surface area contributed by atoms with Crippen LogP contribution >= 0.6 is 0 Å². The molecule has 0 fully saturated rings. The molecule has 0 aliphatic heterocycles. The topological polar surface area (TPSA) is 83.5 Å². The zero-order valence-electron chi connectivity index (χ0n) is 8.80. The average Bonchev–Trinajstić information content (AvgIpc) is 2.19. The van der Waals surface area contributed by atoms with Crippen LogP contribution < -0.4 is 4.72 Å². The first kappa shape index (κ1) is 12.7. The smallest absolute Gasteiger partial charge is 0.318 e. The van der Waals surface area contributed by atoms with Crippen LogP contribution in [-0.2, 0) is 20.6 Å². The number of carboxylic acids is 1. The fourth-order valence-electron chi connectivity index (χ4n) is 1.13. The molecule has 0 bridgehead atoms. The number of carboxylic acid groups (broad SMARTS) is 1. The predicted molar refractivity (Wildman–Crippen MR) is 59.4 cm³/mol. The highest BCUT2D eigenvalue weighted by atomic mass is 32.2. The van der Waals surface area contributed by atoms with Crippen molar-refractivity contribution in [3.63, 3.8) is 0 Å². The highest BCUT2D eigenvalue weighted by Crippen LogP contribution is 2.06. The number of nitrogens with one attached hydrogen (secondary N) is 1. The molecule has 1 rings (SSSR count). The second-order valence-corrected chi connectivity index (χ2v) is 5.27. The lowest BCUT2D eigenvalue weighted by molar-refractivity contribution is -0.135. The largest absolute Gasteiger partial charge is 0.480 e. The molecular weight excluding hydrogens is 230 g/mol. The zero-order chi connectivity index (χ0) is 12.2. The van der Waals surface area contributed by atoms with E-state index in [-0.39, 0.29) is 5.75 Å². The first-order valence-electron chi connectivity index (χ1n) is 4.64. The Morgan fingerprint density at radius 3 is 2.38 bits per heavy atom. The van der Waals surface area contributed by atoms with Gasteiger partial charge in [0.2, 0.25) is 10.0 Å². The van der Waals surface area contributed by atoms with E-state index in [1.165, 1.54) is 0 Å². The maximum atomic E-state index is 11.4. The van der Waals surface area contributed by atoms with Gasteiger partial charge >= 0.3 is 5.97 Å². The number of carbonyl (C=O) groups is 1. The number of hydrogen-bond acceptors (Lipinski definition) is 3. The quantitative estimate of drug-likeness (QED) is 0.788. The molecule has 0 amide bonds. The Morgan fingerprint density at radius 2 is 1.88 bits per heavy atom. The molecule has 0 saturated heterocycles. The summed E-state index contributed by atoms with van der Waals surface area (Å²) in [5, 5.41) is 8.35. The number of rotatable bonds is 5. The standard InChI is InChI=1S/C10H13NO4S/c1-8-2-4-9(5-3-8)7-16(14,15)11-6-10(12)13/h2-5,11H,6-7H2,1H3,(H,12,13). The van der Waals surface area contributed by atoms with Gasteiger partial charge < -0.3 is 5.11 Å².